The van der Waals surface area contributed by atoms with Gasteiger partial charge in [0.1, 0.15) is 18.4 Å². The highest BCUT2D eigenvalue weighted by molar-refractivity contribution is 5.88. The molecule has 4 N–H and O–H groups in total. The number of carbonyl (C=O) groups excluding carboxylic acids is 2. The van der Waals surface area contributed by atoms with Crippen molar-refractivity contribution < 1.29 is 19.5 Å². The Bertz CT molecular complexity index is 358. The summed E-state index contributed by atoms with van der Waals surface area (Å²) in [6.45, 7) is 1.67. The van der Waals surface area contributed by atoms with E-state index in [1.54, 1.807) is 6.92 Å². The highest BCUT2D eigenvalue weighted by Gasteiger charge is 2.49. The summed E-state index contributed by atoms with van der Waals surface area (Å²) in [5.41, 5.74) is 0. The van der Waals surface area contributed by atoms with E-state index in [2.05, 4.69) is 16.0 Å². The van der Waals surface area contributed by atoms with Gasteiger partial charge in [0.25, 0.3) is 0 Å². The lowest BCUT2D eigenvalue weighted by Gasteiger charge is -2.26. The molecule has 2 fully saturated rings. The Hall–Kier alpha value is -1.99. The molecule has 0 aromatic heterocycles. The zero-order valence-electron chi connectivity index (χ0n) is 8.56. The third-order valence-electron chi connectivity index (χ3n) is 2.70. The molecule has 0 unspecified atom stereocenters. The van der Waals surface area contributed by atoms with Crippen LogP contribution in [0.4, 0.5) is 9.59 Å². The molecule has 0 aromatic rings. The molecule has 2 heterocycles. The number of rotatable bonds is 3. The first-order valence-electron chi connectivity index (χ1n) is 4.93. The number of fused-ring (bicyclic) bond motifs is 1. The fourth-order valence-electron chi connectivity index (χ4n) is 1.98. The maximum absolute atomic E-state index is 11.6. The molecular weight excluding hydrogens is 216 g/mol. The van der Waals surface area contributed by atoms with Gasteiger partial charge in [-0.25, -0.2) is 14.4 Å². The molecule has 8 heteroatoms. The van der Waals surface area contributed by atoms with Crippen LogP contribution in [0.25, 0.3) is 0 Å². The fraction of sp³-hybridized carbons (Fsp3) is 0.625. The lowest BCUT2D eigenvalue weighted by atomic mass is 10.2. The van der Waals surface area contributed by atoms with Gasteiger partial charge in [0.2, 0.25) is 0 Å². The predicted molar refractivity (Wildman–Crippen MR) is 51.3 cm³/mol. The van der Waals surface area contributed by atoms with E-state index in [-0.39, 0.29) is 6.42 Å². The largest absolute Gasteiger partial charge is 0.480 e. The number of hydrogen-bond acceptors (Lipinski definition) is 3. The molecule has 2 rings (SSSR count). The summed E-state index contributed by atoms with van der Waals surface area (Å²) in [4.78, 5) is 34.7. The van der Waals surface area contributed by atoms with E-state index in [1.165, 1.54) is 0 Å². The van der Waals surface area contributed by atoms with Crippen LogP contribution >= 0.6 is 0 Å². The summed E-state index contributed by atoms with van der Waals surface area (Å²) in [7, 11) is 0. The van der Waals surface area contributed by atoms with Gasteiger partial charge >= 0.3 is 18.0 Å². The van der Waals surface area contributed by atoms with E-state index in [1.807, 2.05) is 0 Å². The van der Waals surface area contributed by atoms with Crippen LogP contribution in [-0.4, -0.2) is 46.4 Å². The Kier molecular flexibility index (Phi) is 2.33. The molecule has 0 bridgehead atoms. The first kappa shape index (κ1) is 10.5. The molecule has 0 aromatic carbocycles. The van der Waals surface area contributed by atoms with Crippen molar-refractivity contribution in [3.8, 4) is 0 Å². The molecule has 0 spiro atoms. The van der Waals surface area contributed by atoms with E-state index in [4.69, 9.17) is 5.11 Å². The summed E-state index contributed by atoms with van der Waals surface area (Å²) in [5, 5.41) is 16.5. The van der Waals surface area contributed by atoms with E-state index < -0.39 is 36.4 Å². The van der Waals surface area contributed by atoms with Gasteiger partial charge in [-0.05, 0) is 6.42 Å². The van der Waals surface area contributed by atoms with Gasteiger partial charge in [-0.2, -0.15) is 0 Å². The number of nitrogens with zero attached hydrogens (tertiary/aromatic N) is 1. The van der Waals surface area contributed by atoms with Crippen LogP contribution in [0.1, 0.15) is 13.3 Å². The van der Waals surface area contributed by atoms with Crippen LogP contribution in [0.15, 0.2) is 0 Å². The van der Waals surface area contributed by atoms with Gasteiger partial charge in [0, 0.05) is 0 Å². The minimum Gasteiger partial charge on any atom is -0.480 e. The lowest BCUT2D eigenvalue weighted by Crippen LogP contribution is -2.51. The summed E-state index contributed by atoms with van der Waals surface area (Å²) in [6, 6.07) is -1.84. The molecule has 2 aliphatic heterocycles. The van der Waals surface area contributed by atoms with Gasteiger partial charge in [-0.3, -0.25) is 4.90 Å². The molecule has 16 heavy (non-hydrogen) atoms. The molecule has 88 valence electrons. The standard InChI is InChI=1S/C8H12N4O4/c1-2-3(6(13)14)12-5-4(10-8(12)16)9-7(15)11-5/h3-5H,2H2,1H3,(H,10,16)(H,13,14)(H2,9,11,15)/t3-,4+,5-/m0/s1. The Balaban J connectivity index is 2.22. The Morgan fingerprint density at radius 2 is 2.12 bits per heavy atom. The van der Waals surface area contributed by atoms with Gasteiger partial charge < -0.3 is 21.1 Å². The topological polar surface area (TPSA) is 111 Å². The lowest BCUT2D eigenvalue weighted by molar-refractivity contribution is -0.142. The van der Waals surface area contributed by atoms with Crippen molar-refractivity contribution in [3.05, 3.63) is 0 Å². The van der Waals surface area contributed by atoms with E-state index >= 15 is 0 Å². The molecule has 3 atom stereocenters. The number of urea groups is 2. The predicted octanol–water partition coefficient (Wildman–Crippen LogP) is -1.16. The van der Waals surface area contributed by atoms with Gasteiger partial charge in [0.15, 0.2) is 0 Å². The van der Waals surface area contributed by atoms with Crippen molar-refractivity contribution in [2.75, 3.05) is 0 Å². The molecule has 2 saturated heterocycles. The van der Waals surface area contributed by atoms with Crippen LogP contribution in [0, 0.1) is 0 Å². The minimum absolute atomic E-state index is 0.280. The minimum atomic E-state index is -1.08. The highest BCUT2D eigenvalue weighted by Crippen LogP contribution is 2.19. The summed E-state index contributed by atoms with van der Waals surface area (Å²) >= 11 is 0. The van der Waals surface area contributed by atoms with Crippen LogP contribution in [0.5, 0.6) is 0 Å². The number of amides is 4. The number of nitrogens with one attached hydrogen (secondary N) is 3. The number of carboxylic acids is 1. The Morgan fingerprint density at radius 3 is 2.69 bits per heavy atom. The second kappa shape index (κ2) is 3.54. The van der Waals surface area contributed by atoms with E-state index in [9.17, 15) is 14.4 Å². The van der Waals surface area contributed by atoms with Crippen molar-refractivity contribution in [1.29, 1.82) is 0 Å². The third kappa shape index (κ3) is 1.42. The molecule has 8 nitrogen and oxygen atoms in total. The number of carboxylic acid groups (broad SMARTS) is 1. The fourth-order valence-corrected chi connectivity index (χ4v) is 1.98. The highest BCUT2D eigenvalue weighted by atomic mass is 16.4. The summed E-state index contributed by atoms with van der Waals surface area (Å²) in [5.74, 6) is -1.08. The molecule has 4 amide bonds. The van der Waals surface area contributed by atoms with Crippen LogP contribution < -0.4 is 16.0 Å². The number of carbonyl (C=O) groups is 3. The number of hydrogen-bond donors (Lipinski definition) is 4. The first-order valence-corrected chi connectivity index (χ1v) is 4.93. The molecular formula is C8H12N4O4. The summed E-state index contributed by atoms with van der Waals surface area (Å²) in [6.07, 6.45) is -0.920. The zero-order chi connectivity index (χ0) is 11.9. The van der Waals surface area contributed by atoms with E-state index in [0.29, 0.717) is 0 Å². The average Bonchev–Trinajstić information content (AvgIpc) is 2.65. The van der Waals surface area contributed by atoms with Crippen molar-refractivity contribution in [2.24, 2.45) is 0 Å². The third-order valence-corrected chi connectivity index (χ3v) is 2.70. The Morgan fingerprint density at radius 1 is 1.44 bits per heavy atom. The maximum Gasteiger partial charge on any atom is 0.326 e. The quantitative estimate of drug-likeness (QED) is 0.488. The molecule has 0 saturated carbocycles. The van der Waals surface area contributed by atoms with Gasteiger partial charge in [0.05, 0.1) is 0 Å². The molecule has 0 aliphatic carbocycles. The Labute approximate surface area is 91.0 Å². The zero-order valence-corrected chi connectivity index (χ0v) is 8.56. The maximum atomic E-state index is 11.6. The van der Waals surface area contributed by atoms with Crippen molar-refractivity contribution >= 4 is 18.0 Å². The van der Waals surface area contributed by atoms with Crippen LogP contribution in [0.3, 0.4) is 0 Å². The second-order valence-electron chi connectivity index (χ2n) is 3.66. The monoisotopic (exact) mass is 228 g/mol. The summed E-state index contributed by atoms with van der Waals surface area (Å²) < 4.78 is 0. The molecule has 0 radical (unpaired) electrons. The van der Waals surface area contributed by atoms with Crippen molar-refractivity contribution in [2.45, 2.75) is 31.7 Å². The average molecular weight is 228 g/mol. The van der Waals surface area contributed by atoms with Crippen LogP contribution in [0.2, 0.25) is 0 Å². The molecule has 2 aliphatic rings. The van der Waals surface area contributed by atoms with Crippen LogP contribution in [-0.2, 0) is 4.79 Å². The van der Waals surface area contributed by atoms with Gasteiger partial charge in [-0.1, -0.05) is 6.92 Å². The SMILES string of the molecule is CC[C@@H](C(=O)O)N1C(=O)N[C@H]2NC(=O)N[C@H]21. The van der Waals surface area contributed by atoms with Crippen molar-refractivity contribution in [1.82, 2.24) is 20.9 Å². The van der Waals surface area contributed by atoms with Crippen molar-refractivity contribution in [3.63, 3.8) is 0 Å². The smallest absolute Gasteiger partial charge is 0.326 e. The number of aliphatic carboxylic acids is 1. The normalized spacial score (nSPS) is 29.2. The van der Waals surface area contributed by atoms with Gasteiger partial charge in [-0.15, -0.1) is 0 Å². The first-order chi connectivity index (χ1) is 7.54. The second-order valence-corrected chi connectivity index (χ2v) is 3.66. The van der Waals surface area contributed by atoms with E-state index in [0.717, 1.165) is 4.90 Å².